The lowest BCUT2D eigenvalue weighted by Crippen LogP contribution is -2.37. The Morgan fingerprint density at radius 2 is 1.92 bits per heavy atom. The van der Waals surface area contributed by atoms with Gasteiger partial charge in [-0.2, -0.15) is 0 Å². The van der Waals surface area contributed by atoms with Crippen molar-refractivity contribution in [2.45, 2.75) is 90.5 Å². The number of phenolic OH excluding ortho intramolecular Hbond substituents is 1. The van der Waals surface area contributed by atoms with E-state index in [4.69, 9.17) is 0 Å². The third-order valence-corrected chi connectivity index (χ3v) is 5.88. The molecule has 0 amide bonds. The van der Waals surface area contributed by atoms with Crippen molar-refractivity contribution in [2.24, 2.45) is 0 Å². The van der Waals surface area contributed by atoms with Crippen LogP contribution in [0, 0.1) is 0 Å². The second-order valence-electron chi connectivity index (χ2n) is 8.51. The van der Waals surface area contributed by atoms with Gasteiger partial charge in [-0.25, -0.2) is 0 Å². The van der Waals surface area contributed by atoms with Gasteiger partial charge in [-0.3, -0.25) is 9.69 Å². The van der Waals surface area contributed by atoms with Crippen molar-refractivity contribution in [2.75, 3.05) is 13.1 Å². The standard InChI is InChI=1S/C23H37NO2/c1-5-7-8-9-13-23(3,4)18-10-11-20(22(26)16-18)21-17-19(25)12-15-24(21)14-6-2/h10-11,16,21,26H,5-9,12-15,17H2,1-4H3. The summed E-state index contributed by atoms with van der Waals surface area (Å²) < 4.78 is 0. The molecule has 2 rings (SSSR count). The Kier molecular flexibility index (Phi) is 7.69. The number of aromatic hydroxyl groups is 1. The molecule has 3 nitrogen and oxygen atoms in total. The maximum Gasteiger partial charge on any atom is 0.136 e. The zero-order valence-corrected chi connectivity index (χ0v) is 17.2. The molecule has 0 radical (unpaired) electrons. The quantitative estimate of drug-likeness (QED) is 0.570. The topological polar surface area (TPSA) is 40.5 Å². The summed E-state index contributed by atoms with van der Waals surface area (Å²) in [6.07, 6.45) is 8.41. The number of likely N-dealkylation sites (tertiary alicyclic amines) is 1. The Morgan fingerprint density at radius 1 is 1.15 bits per heavy atom. The van der Waals surface area contributed by atoms with Crippen LogP contribution in [-0.2, 0) is 10.2 Å². The van der Waals surface area contributed by atoms with Gasteiger partial charge >= 0.3 is 0 Å². The molecule has 1 aliphatic heterocycles. The van der Waals surface area contributed by atoms with Gasteiger partial charge in [-0.05, 0) is 36.4 Å². The highest BCUT2D eigenvalue weighted by atomic mass is 16.3. The summed E-state index contributed by atoms with van der Waals surface area (Å²) in [5.74, 6) is 0.659. The van der Waals surface area contributed by atoms with Gasteiger partial charge in [0.15, 0.2) is 0 Å². The molecule has 1 heterocycles. The van der Waals surface area contributed by atoms with Crippen LogP contribution < -0.4 is 0 Å². The van der Waals surface area contributed by atoms with Crippen molar-refractivity contribution in [1.82, 2.24) is 4.90 Å². The first-order chi connectivity index (χ1) is 12.4. The molecule has 0 aliphatic carbocycles. The molecule has 1 aromatic rings. The average molecular weight is 360 g/mol. The number of hydrogen-bond donors (Lipinski definition) is 1. The van der Waals surface area contributed by atoms with Gasteiger partial charge in [0.05, 0.1) is 0 Å². The Hall–Kier alpha value is -1.35. The summed E-state index contributed by atoms with van der Waals surface area (Å²) in [6, 6.07) is 6.19. The Labute approximate surface area is 159 Å². The number of carbonyl (C=O) groups excluding carboxylic acids is 1. The van der Waals surface area contributed by atoms with E-state index in [2.05, 4.69) is 44.7 Å². The van der Waals surface area contributed by atoms with E-state index < -0.39 is 0 Å². The van der Waals surface area contributed by atoms with E-state index in [1.807, 2.05) is 6.07 Å². The number of hydrogen-bond acceptors (Lipinski definition) is 3. The highest BCUT2D eigenvalue weighted by Gasteiger charge is 2.30. The van der Waals surface area contributed by atoms with Crippen LogP contribution in [0.15, 0.2) is 18.2 Å². The van der Waals surface area contributed by atoms with Gasteiger partial charge < -0.3 is 5.11 Å². The molecule has 0 saturated carbocycles. The van der Waals surface area contributed by atoms with Gasteiger partial charge in [0.1, 0.15) is 11.5 Å². The van der Waals surface area contributed by atoms with E-state index in [9.17, 15) is 9.90 Å². The molecule has 1 N–H and O–H groups in total. The number of ketones is 1. The van der Waals surface area contributed by atoms with Gasteiger partial charge in [0, 0.05) is 31.0 Å². The molecule has 1 aromatic carbocycles. The van der Waals surface area contributed by atoms with E-state index in [-0.39, 0.29) is 11.5 Å². The van der Waals surface area contributed by atoms with Crippen LogP contribution in [0.5, 0.6) is 5.75 Å². The summed E-state index contributed by atoms with van der Waals surface area (Å²) in [7, 11) is 0. The minimum absolute atomic E-state index is 0.0258. The summed E-state index contributed by atoms with van der Waals surface area (Å²) in [6.45, 7) is 10.7. The molecule has 1 saturated heterocycles. The second-order valence-corrected chi connectivity index (χ2v) is 8.51. The van der Waals surface area contributed by atoms with E-state index >= 15 is 0 Å². The first-order valence-corrected chi connectivity index (χ1v) is 10.5. The fraction of sp³-hybridized carbons (Fsp3) is 0.696. The molecule has 0 aromatic heterocycles. The van der Waals surface area contributed by atoms with Crippen molar-refractivity contribution >= 4 is 5.78 Å². The van der Waals surface area contributed by atoms with E-state index in [0.717, 1.165) is 31.5 Å². The molecular weight excluding hydrogens is 322 g/mol. The van der Waals surface area contributed by atoms with Crippen molar-refractivity contribution in [3.8, 4) is 5.75 Å². The fourth-order valence-electron chi connectivity index (χ4n) is 4.12. The summed E-state index contributed by atoms with van der Waals surface area (Å²) >= 11 is 0. The summed E-state index contributed by atoms with van der Waals surface area (Å²) in [5.41, 5.74) is 2.17. The Bertz CT molecular complexity index is 594. The van der Waals surface area contributed by atoms with Crippen LogP contribution in [-0.4, -0.2) is 28.9 Å². The molecule has 0 bridgehead atoms. The minimum Gasteiger partial charge on any atom is -0.508 e. The summed E-state index contributed by atoms with van der Waals surface area (Å²) in [4.78, 5) is 14.4. The van der Waals surface area contributed by atoms with Crippen LogP contribution in [0.4, 0.5) is 0 Å². The first-order valence-electron chi connectivity index (χ1n) is 10.5. The number of piperidine rings is 1. The molecular formula is C23H37NO2. The minimum atomic E-state index is 0.0258. The number of carbonyl (C=O) groups is 1. The van der Waals surface area contributed by atoms with Crippen LogP contribution >= 0.6 is 0 Å². The number of nitrogens with zero attached hydrogens (tertiary/aromatic N) is 1. The second kappa shape index (κ2) is 9.55. The maximum absolute atomic E-state index is 12.0. The number of rotatable bonds is 9. The predicted octanol–water partition coefficient (Wildman–Crippen LogP) is 5.76. The molecule has 3 heteroatoms. The van der Waals surface area contributed by atoms with E-state index in [0.29, 0.717) is 24.4 Å². The Morgan fingerprint density at radius 3 is 2.58 bits per heavy atom. The fourth-order valence-corrected chi connectivity index (χ4v) is 4.12. The monoisotopic (exact) mass is 359 g/mol. The van der Waals surface area contributed by atoms with Crippen LogP contribution in [0.25, 0.3) is 0 Å². The molecule has 1 fully saturated rings. The van der Waals surface area contributed by atoms with Crippen molar-refractivity contribution in [3.05, 3.63) is 29.3 Å². The smallest absolute Gasteiger partial charge is 0.136 e. The van der Waals surface area contributed by atoms with Crippen molar-refractivity contribution in [1.29, 1.82) is 0 Å². The zero-order chi connectivity index (χ0) is 19.2. The van der Waals surface area contributed by atoms with Gasteiger partial charge in [0.25, 0.3) is 0 Å². The predicted molar refractivity (Wildman–Crippen MR) is 109 cm³/mol. The number of phenols is 1. The SMILES string of the molecule is CCCCCCC(C)(C)c1ccc(C2CC(=O)CCN2CCC)c(O)c1. The highest BCUT2D eigenvalue weighted by molar-refractivity contribution is 5.80. The van der Waals surface area contributed by atoms with Crippen LogP contribution in [0.3, 0.4) is 0 Å². The van der Waals surface area contributed by atoms with E-state index in [1.165, 1.54) is 31.2 Å². The molecule has 1 aliphatic rings. The maximum atomic E-state index is 12.0. The van der Waals surface area contributed by atoms with Crippen molar-refractivity contribution in [3.63, 3.8) is 0 Å². The zero-order valence-electron chi connectivity index (χ0n) is 17.2. The summed E-state index contributed by atoms with van der Waals surface area (Å²) in [5, 5.41) is 10.8. The lowest BCUT2D eigenvalue weighted by atomic mass is 9.79. The third-order valence-electron chi connectivity index (χ3n) is 5.88. The van der Waals surface area contributed by atoms with Crippen LogP contribution in [0.2, 0.25) is 0 Å². The number of benzene rings is 1. The van der Waals surface area contributed by atoms with E-state index in [1.54, 1.807) is 0 Å². The number of unbranched alkanes of at least 4 members (excludes halogenated alkanes) is 3. The lowest BCUT2D eigenvalue weighted by Gasteiger charge is -2.36. The van der Waals surface area contributed by atoms with Crippen molar-refractivity contribution < 1.29 is 9.90 Å². The largest absolute Gasteiger partial charge is 0.508 e. The normalized spacial score (nSPS) is 19.1. The molecule has 1 unspecified atom stereocenters. The highest BCUT2D eigenvalue weighted by Crippen LogP contribution is 2.38. The molecule has 1 atom stereocenters. The van der Waals surface area contributed by atoms with Gasteiger partial charge in [0.2, 0.25) is 0 Å². The third kappa shape index (κ3) is 5.33. The van der Waals surface area contributed by atoms with Gasteiger partial charge in [-0.1, -0.05) is 65.5 Å². The lowest BCUT2D eigenvalue weighted by molar-refractivity contribution is -0.123. The number of Topliss-reactive ketones (excluding diaryl/α,β-unsaturated/α-hetero) is 1. The molecule has 146 valence electrons. The average Bonchev–Trinajstić information content (AvgIpc) is 2.60. The Balaban J connectivity index is 2.15. The molecule has 0 spiro atoms. The molecule has 26 heavy (non-hydrogen) atoms. The van der Waals surface area contributed by atoms with Gasteiger partial charge in [-0.15, -0.1) is 0 Å². The van der Waals surface area contributed by atoms with Crippen LogP contribution in [0.1, 0.15) is 96.2 Å². The first kappa shape index (κ1) is 21.0.